The van der Waals surface area contributed by atoms with Crippen molar-refractivity contribution in [2.45, 2.75) is 6.54 Å². The number of rotatable bonds is 6. The Kier molecular flexibility index (Phi) is 5.22. The summed E-state index contributed by atoms with van der Waals surface area (Å²) in [4.78, 5) is 25.6. The van der Waals surface area contributed by atoms with E-state index in [2.05, 4.69) is 10.4 Å². The number of anilines is 1. The molecule has 0 aliphatic rings. The van der Waals surface area contributed by atoms with Crippen molar-refractivity contribution in [1.29, 1.82) is 0 Å². The van der Waals surface area contributed by atoms with Crippen molar-refractivity contribution in [3.8, 4) is 10.6 Å². The zero-order valence-corrected chi connectivity index (χ0v) is 16.2. The molecule has 2 heterocycles. The van der Waals surface area contributed by atoms with Crippen molar-refractivity contribution in [3.05, 3.63) is 95.0 Å². The number of nitrogens with one attached hydrogen (secondary N) is 1. The summed E-state index contributed by atoms with van der Waals surface area (Å²) >= 11 is 1.51. The number of benzene rings is 2. The number of amides is 2. The zero-order valence-electron chi connectivity index (χ0n) is 15.4. The second-order valence-corrected chi connectivity index (χ2v) is 7.36. The predicted octanol–water partition coefficient (Wildman–Crippen LogP) is 4.01. The third-order valence-corrected chi connectivity index (χ3v) is 5.27. The van der Waals surface area contributed by atoms with Gasteiger partial charge in [0.2, 0.25) is 0 Å². The van der Waals surface area contributed by atoms with Crippen LogP contribution in [0.4, 0.5) is 5.69 Å². The topological polar surface area (TPSA) is 90.0 Å². The molecule has 0 saturated heterocycles. The zero-order chi connectivity index (χ0) is 20.2. The minimum Gasteiger partial charge on any atom is -0.366 e. The molecular weight excluding hydrogens is 384 g/mol. The molecule has 4 aromatic rings. The molecule has 29 heavy (non-hydrogen) atoms. The number of nitrogens with two attached hydrogens (primary N) is 1. The van der Waals surface area contributed by atoms with Crippen molar-refractivity contribution >= 4 is 28.8 Å². The molecule has 3 N–H and O–H groups in total. The number of carbonyl (C=O) groups excluding carboxylic acids is 2. The van der Waals surface area contributed by atoms with E-state index >= 15 is 0 Å². The van der Waals surface area contributed by atoms with Gasteiger partial charge in [-0.15, -0.1) is 11.3 Å². The molecule has 0 fully saturated rings. The van der Waals surface area contributed by atoms with E-state index in [1.165, 1.54) is 11.3 Å². The molecule has 0 bridgehead atoms. The van der Waals surface area contributed by atoms with Gasteiger partial charge < -0.3 is 11.1 Å². The lowest BCUT2D eigenvalue weighted by molar-refractivity contribution is 0.100. The maximum absolute atomic E-state index is 13.1. The van der Waals surface area contributed by atoms with Crippen LogP contribution in [0.1, 0.15) is 26.3 Å². The fourth-order valence-corrected chi connectivity index (χ4v) is 3.75. The average Bonchev–Trinajstić information content (AvgIpc) is 3.39. The second-order valence-electron chi connectivity index (χ2n) is 6.42. The summed E-state index contributed by atoms with van der Waals surface area (Å²) in [5, 5.41) is 9.38. The Hall–Kier alpha value is -3.71. The van der Waals surface area contributed by atoms with E-state index in [4.69, 9.17) is 5.73 Å². The van der Waals surface area contributed by atoms with Gasteiger partial charge in [-0.2, -0.15) is 5.10 Å². The Bertz CT molecular complexity index is 1150. The standard InChI is InChI=1S/C22H18N4O2S/c23-21(27)16-9-4-5-10-18(16)24-22(28)17-14-26(13-15-7-2-1-3-8-15)25-20(17)19-11-6-12-29-19/h1-12,14H,13H2,(H2,23,27)(H,24,28). The van der Waals surface area contributed by atoms with Gasteiger partial charge in [-0.25, -0.2) is 0 Å². The van der Waals surface area contributed by atoms with Gasteiger partial charge in [0.15, 0.2) is 0 Å². The summed E-state index contributed by atoms with van der Waals surface area (Å²) in [6.45, 7) is 0.546. The normalized spacial score (nSPS) is 10.6. The summed E-state index contributed by atoms with van der Waals surface area (Å²) in [7, 11) is 0. The lowest BCUT2D eigenvalue weighted by Crippen LogP contribution is -2.18. The molecule has 6 nitrogen and oxygen atoms in total. The molecule has 0 spiro atoms. The van der Waals surface area contributed by atoms with E-state index < -0.39 is 5.91 Å². The SMILES string of the molecule is NC(=O)c1ccccc1NC(=O)c1cn(Cc2ccccc2)nc1-c1cccs1. The Balaban J connectivity index is 1.68. The van der Waals surface area contributed by atoms with Crippen LogP contribution in [0.3, 0.4) is 0 Å². The summed E-state index contributed by atoms with van der Waals surface area (Å²) in [5.41, 5.74) is 8.17. The smallest absolute Gasteiger partial charge is 0.259 e. The molecule has 0 radical (unpaired) electrons. The largest absolute Gasteiger partial charge is 0.366 e. The average molecular weight is 402 g/mol. The van der Waals surface area contributed by atoms with Crippen LogP contribution in [0.2, 0.25) is 0 Å². The van der Waals surface area contributed by atoms with Crippen molar-refractivity contribution < 1.29 is 9.59 Å². The number of hydrogen-bond donors (Lipinski definition) is 2. The van der Waals surface area contributed by atoms with Crippen LogP contribution >= 0.6 is 11.3 Å². The monoisotopic (exact) mass is 402 g/mol. The third-order valence-electron chi connectivity index (χ3n) is 4.39. The van der Waals surface area contributed by atoms with Crippen LogP contribution in [0.25, 0.3) is 10.6 Å². The molecule has 0 aliphatic carbocycles. The van der Waals surface area contributed by atoms with E-state index in [0.717, 1.165) is 10.4 Å². The molecule has 2 aromatic carbocycles. The van der Waals surface area contributed by atoms with Gasteiger partial charge in [-0.05, 0) is 29.1 Å². The summed E-state index contributed by atoms with van der Waals surface area (Å²) in [6, 6.07) is 20.4. The summed E-state index contributed by atoms with van der Waals surface area (Å²) in [5.74, 6) is -0.944. The van der Waals surface area contributed by atoms with Gasteiger partial charge in [0.1, 0.15) is 5.69 Å². The number of primary amides is 1. The van der Waals surface area contributed by atoms with Crippen LogP contribution in [-0.2, 0) is 6.54 Å². The third kappa shape index (κ3) is 4.09. The first-order chi connectivity index (χ1) is 14.1. The van der Waals surface area contributed by atoms with E-state index in [-0.39, 0.29) is 11.5 Å². The minimum absolute atomic E-state index is 0.259. The van der Waals surface area contributed by atoms with Crippen LogP contribution in [0.5, 0.6) is 0 Å². The first kappa shape index (κ1) is 18.6. The lowest BCUT2D eigenvalue weighted by atomic mass is 10.1. The van der Waals surface area contributed by atoms with Crippen LogP contribution in [0.15, 0.2) is 78.3 Å². The molecule has 0 atom stereocenters. The van der Waals surface area contributed by atoms with Crippen LogP contribution in [-0.4, -0.2) is 21.6 Å². The molecule has 0 aliphatic heterocycles. The Morgan fingerprint density at radius 3 is 2.45 bits per heavy atom. The number of para-hydroxylation sites is 1. The molecule has 2 amide bonds. The summed E-state index contributed by atoms with van der Waals surface area (Å²) in [6.07, 6.45) is 1.73. The van der Waals surface area contributed by atoms with E-state index in [1.807, 2.05) is 47.8 Å². The molecule has 2 aromatic heterocycles. The van der Waals surface area contributed by atoms with Crippen molar-refractivity contribution in [1.82, 2.24) is 9.78 Å². The highest BCUT2D eigenvalue weighted by atomic mass is 32.1. The molecule has 4 rings (SSSR count). The molecule has 0 saturated carbocycles. The molecule has 144 valence electrons. The minimum atomic E-state index is -0.598. The number of carbonyl (C=O) groups is 2. The van der Waals surface area contributed by atoms with Gasteiger partial charge in [0.25, 0.3) is 11.8 Å². The lowest BCUT2D eigenvalue weighted by Gasteiger charge is -2.08. The molecule has 7 heteroatoms. The molecule has 0 unspecified atom stereocenters. The highest BCUT2D eigenvalue weighted by Crippen LogP contribution is 2.28. The number of nitrogens with zero attached hydrogens (tertiary/aromatic N) is 2. The summed E-state index contributed by atoms with van der Waals surface area (Å²) < 4.78 is 1.75. The number of thiophene rings is 1. The Labute approximate surface area is 171 Å². The highest BCUT2D eigenvalue weighted by molar-refractivity contribution is 7.13. The maximum Gasteiger partial charge on any atom is 0.259 e. The number of hydrogen-bond acceptors (Lipinski definition) is 4. The van der Waals surface area contributed by atoms with Crippen molar-refractivity contribution in [2.75, 3.05) is 5.32 Å². The van der Waals surface area contributed by atoms with E-state index in [0.29, 0.717) is 23.5 Å². The quantitative estimate of drug-likeness (QED) is 0.511. The van der Waals surface area contributed by atoms with Gasteiger partial charge in [0, 0.05) is 6.20 Å². The maximum atomic E-state index is 13.1. The number of aromatic nitrogens is 2. The Morgan fingerprint density at radius 1 is 0.966 bits per heavy atom. The van der Waals surface area contributed by atoms with Gasteiger partial charge >= 0.3 is 0 Å². The van der Waals surface area contributed by atoms with E-state index in [9.17, 15) is 9.59 Å². The first-order valence-corrected chi connectivity index (χ1v) is 9.85. The fourth-order valence-electron chi connectivity index (χ4n) is 3.03. The van der Waals surface area contributed by atoms with Crippen molar-refractivity contribution in [3.63, 3.8) is 0 Å². The first-order valence-electron chi connectivity index (χ1n) is 8.97. The van der Waals surface area contributed by atoms with Gasteiger partial charge in [-0.1, -0.05) is 48.5 Å². The van der Waals surface area contributed by atoms with Gasteiger partial charge in [0.05, 0.1) is 28.2 Å². The molecular formula is C22H18N4O2S. The van der Waals surface area contributed by atoms with Crippen molar-refractivity contribution in [2.24, 2.45) is 5.73 Å². The second kappa shape index (κ2) is 8.12. The Morgan fingerprint density at radius 2 is 1.72 bits per heavy atom. The van der Waals surface area contributed by atoms with E-state index in [1.54, 1.807) is 35.1 Å². The van der Waals surface area contributed by atoms with Crippen LogP contribution in [0, 0.1) is 0 Å². The van der Waals surface area contributed by atoms with Crippen LogP contribution < -0.4 is 11.1 Å². The van der Waals surface area contributed by atoms with Gasteiger partial charge in [-0.3, -0.25) is 14.3 Å². The fraction of sp³-hybridized carbons (Fsp3) is 0.0455. The predicted molar refractivity (Wildman–Crippen MR) is 114 cm³/mol. The highest BCUT2D eigenvalue weighted by Gasteiger charge is 2.20.